The summed E-state index contributed by atoms with van der Waals surface area (Å²) in [6, 6.07) is 4.49. The van der Waals surface area contributed by atoms with Gasteiger partial charge in [-0.2, -0.15) is 0 Å². The van der Waals surface area contributed by atoms with Gasteiger partial charge >= 0.3 is 0 Å². The van der Waals surface area contributed by atoms with Crippen molar-refractivity contribution in [2.24, 2.45) is 0 Å². The number of aldehydes is 1. The van der Waals surface area contributed by atoms with Crippen LogP contribution in [0, 0.1) is 0 Å². The Hall–Kier alpha value is -0.890. The van der Waals surface area contributed by atoms with Crippen molar-refractivity contribution in [1.29, 1.82) is 0 Å². The maximum atomic E-state index is 12.0. The summed E-state index contributed by atoms with van der Waals surface area (Å²) in [5.74, 6) is 0. The maximum absolute atomic E-state index is 12.0. The molecule has 1 rings (SSSR count). The molecule has 0 bridgehead atoms. The van der Waals surface area contributed by atoms with Gasteiger partial charge in [-0.05, 0) is 6.07 Å². The molecule has 0 N–H and O–H groups in total. The molecule has 0 aliphatic heterocycles. The van der Waals surface area contributed by atoms with Crippen LogP contribution in [0.4, 0.5) is 4.39 Å². The van der Waals surface area contributed by atoms with Gasteiger partial charge in [-0.3, -0.25) is 4.79 Å². The predicted octanol–water partition coefficient (Wildman–Crippen LogP) is 2.62. The maximum Gasteiger partial charge on any atom is 0.150 e. The number of carbonyl (C=O) groups is 1. The van der Waals surface area contributed by atoms with Gasteiger partial charge in [0.05, 0.1) is 0 Å². The van der Waals surface area contributed by atoms with Gasteiger partial charge in [-0.15, -0.1) is 0 Å². The minimum absolute atomic E-state index is 0.303. The first kappa shape index (κ1) is 8.21. The molecule has 0 aliphatic carbocycles. The summed E-state index contributed by atoms with van der Waals surface area (Å²) in [6.07, 6.45) is 0.674. The lowest BCUT2D eigenvalue weighted by Crippen LogP contribution is -1.84. The van der Waals surface area contributed by atoms with E-state index >= 15 is 0 Å². The molecule has 0 fully saturated rings. The number of rotatable bonds is 2. The first-order valence-electron chi connectivity index (χ1n) is 3.07. The van der Waals surface area contributed by atoms with Crippen LogP contribution in [0.3, 0.4) is 0 Å². The molecule has 0 radical (unpaired) electrons. The smallest absolute Gasteiger partial charge is 0.150 e. The van der Waals surface area contributed by atoms with E-state index in [0.29, 0.717) is 22.4 Å². The third kappa shape index (κ3) is 1.77. The summed E-state index contributed by atoms with van der Waals surface area (Å²) in [5.41, 5.74) is 0.879. The highest BCUT2D eigenvalue weighted by Gasteiger charge is 1.99. The van der Waals surface area contributed by atoms with Crippen molar-refractivity contribution < 1.29 is 9.18 Å². The molecule has 1 nitrogen and oxygen atoms in total. The molecular weight excluding hydrogens is 167 g/mol. The molecule has 0 spiro atoms. The zero-order valence-corrected chi connectivity index (χ0v) is 6.44. The molecular formula is C8H6ClFO. The lowest BCUT2D eigenvalue weighted by atomic mass is 10.2. The van der Waals surface area contributed by atoms with Gasteiger partial charge in [0, 0.05) is 16.1 Å². The summed E-state index contributed by atoms with van der Waals surface area (Å²) < 4.78 is 12.0. The second-order valence-corrected chi connectivity index (χ2v) is 2.51. The fraction of sp³-hybridized carbons (Fsp3) is 0.125. The van der Waals surface area contributed by atoms with Crippen LogP contribution in [0.25, 0.3) is 0 Å². The molecule has 3 heteroatoms. The van der Waals surface area contributed by atoms with E-state index in [2.05, 4.69) is 0 Å². The van der Waals surface area contributed by atoms with Gasteiger partial charge in [0.25, 0.3) is 0 Å². The quantitative estimate of drug-likeness (QED) is 0.627. The van der Waals surface area contributed by atoms with Gasteiger partial charge in [0.1, 0.15) is 13.0 Å². The molecule has 0 heterocycles. The number of hydrogen-bond acceptors (Lipinski definition) is 1. The monoisotopic (exact) mass is 172 g/mol. The second-order valence-electron chi connectivity index (χ2n) is 2.10. The lowest BCUT2D eigenvalue weighted by molar-refractivity contribution is 0.112. The van der Waals surface area contributed by atoms with E-state index in [1.54, 1.807) is 0 Å². The molecule has 0 unspecified atom stereocenters. The third-order valence-electron chi connectivity index (χ3n) is 1.36. The fourth-order valence-corrected chi connectivity index (χ4v) is 0.985. The van der Waals surface area contributed by atoms with Crippen LogP contribution in [-0.4, -0.2) is 6.29 Å². The molecule has 0 amide bonds. The van der Waals surface area contributed by atoms with Gasteiger partial charge in [-0.1, -0.05) is 23.7 Å². The largest absolute Gasteiger partial charge is 0.298 e. The van der Waals surface area contributed by atoms with Gasteiger partial charge in [0.15, 0.2) is 0 Å². The Kier molecular flexibility index (Phi) is 2.60. The Labute approximate surface area is 68.8 Å². The highest BCUT2D eigenvalue weighted by Crippen LogP contribution is 2.17. The Morgan fingerprint density at radius 1 is 1.55 bits per heavy atom. The third-order valence-corrected chi connectivity index (χ3v) is 1.71. The minimum atomic E-state index is -0.599. The van der Waals surface area contributed by atoms with Crippen molar-refractivity contribution in [3.63, 3.8) is 0 Å². The number of halogens is 2. The second kappa shape index (κ2) is 3.49. The molecule has 58 valence electrons. The molecule has 11 heavy (non-hydrogen) atoms. The predicted molar refractivity (Wildman–Crippen MR) is 41.7 cm³/mol. The van der Waals surface area contributed by atoms with Crippen molar-refractivity contribution in [2.75, 3.05) is 0 Å². The van der Waals surface area contributed by atoms with Gasteiger partial charge in [-0.25, -0.2) is 4.39 Å². The summed E-state index contributed by atoms with van der Waals surface area (Å²) in [4.78, 5) is 10.2. The molecule has 0 atom stereocenters. The highest BCUT2D eigenvalue weighted by atomic mass is 35.5. The molecule has 0 saturated heterocycles. The Morgan fingerprint density at radius 2 is 2.27 bits per heavy atom. The Morgan fingerprint density at radius 3 is 2.73 bits per heavy atom. The molecule has 0 aliphatic rings. The molecule has 0 saturated carbocycles. The van der Waals surface area contributed by atoms with Crippen molar-refractivity contribution in [3.8, 4) is 0 Å². The summed E-state index contributed by atoms with van der Waals surface area (Å²) in [5, 5.41) is 0.303. The average molecular weight is 173 g/mol. The zero-order chi connectivity index (χ0) is 8.27. The Balaban J connectivity index is 3.09. The first-order chi connectivity index (χ1) is 5.27. The first-order valence-corrected chi connectivity index (χ1v) is 3.45. The topological polar surface area (TPSA) is 17.1 Å². The number of benzene rings is 1. The van der Waals surface area contributed by atoms with Crippen molar-refractivity contribution in [3.05, 3.63) is 34.3 Å². The van der Waals surface area contributed by atoms with E-state index in [0.717, 1.165) is 0 Å². The number of alkyl halides is 1. The fourth-order valence-electron chi connectivity index (χ4n) is 0.745. The lowest BCUT2D eigenvalue weighted by Gasteiger charge is -1.97. The van der Waals surface area contributed by atoms with Crippen LogP contribution in [0.15, 0.2) is 18.2 Å². The minimum Gasteiger partial charge on any atom is -0.298 e. The summed E-state index contributed by atoms with van der Waals surface area (Å²) >= 11 is 5.61. The van der Waals surface area contributed by atoms with Crippen molar-refractivity contribution >= 4 is 17.9 Å². The standard InChI is InChI=1S/C8H6ClFO/c9-8-3-6(5-11)1-2-7(8)4-10/h1-3,5H,4H2. The van der Waals surface area contributed by atoms with Crippen molar-refractivity contribution in [1.82, 2.24) is 0 Å². The molecule has 1 aromatic rings. The Bertz CT molecular complexity index is 273. The number of carbonyl (C=O) groups excluding carboxylic acids is 1. The van der Waals surface area contributed by atoms with Crippen LogP contribution in [0.2, 0.25) is 5.02 Å². The van der Waals surface area contributed by atoms with E-state index in [-0.39, 0.29) is 0 Å². The zero-order valence-electron chi connectivity index (χ0n) is 5.68. The van der Waals surface area contributed by atoms with Crippen molar-refractivity contribution in [2.45, 2.75) is 6.67 Å². The summed E-state index contributed by atoms with van der Waals surface area (Å²) in [7, 11) is 0. The average Bonchev–Trinajstić information content (AvgIpc) is 2.04. The van der Waals surface area contributed by atoms with E-state index in [1.807, 2.05) is 0 Å². The van der Waals surface area contributed by atoms with Gasteiger partial charge < -0.3 is 0 Å². The number of hydrogen-bond donors (Lipinski definition) is 0. The van der Waals surface area contributed by atoms with E-state index < -0.39 is 6.67 Å². The molecule has 0 aromatic heterocycles. The highest BCUT2D eigenvalue weighted by molar-refractivity contribution is 6.31. The van der Waals surface area contributed by atoms with Crippen LogP contribution < -0.4 is 0 Å². The van der Waals surface area contributed by atoms with E-state index in [9.17, 15) is 9.18 Å². The van der Waals surface area contributed by atoms with Crippen LogP contribution in [0.1, 0.15) is 15.9 Å². The molecule has 1 aromatic carbocycles. The SMILES string of the molecule is O=Cc1ccc(CF)c(Cl)c1. The normalized spacial score (nSPS) is 9.64. The van der Waals surface area contributed by atoms with E-state index in [4.69, 9.17) is 11.6 Å². The van der Waals surface area contributed by atoms with Gasteiger partial charge in [0.2, 0.25) is 0 Å². The summed E-state index contributed by atoms with van der Waals surface area (Å²) in [6.45, 7) is -0.599. The van der Waals surface area contributed by atoms with Crippen LogP contribution in [-0.2, 0) is 6.67 Å². The van der Waals surface area contributed by atoms with E-state index in [1.165, 1.54) is 18.2 Å². The van der Waals surface area contributed by atoms with Crippen LogP contribution in [0.5, 0.6) is 0 Å². The van der Waals surface area contributed by atoms with Crippen LogP contribution >= 0.6 is 11.6 Å².